The van der Waals surface area contributed by atoms with Crippen LogP contribution in [0.5, 0.6) is 0 Å². The first-order valence-corrected chi connectivity index (χ1v) is 7.43. The number of nitrogens with zero attached hydrogens (tertiary/aromatic N) is 4. The summed E-state index contributed by atoms with van der Waals surface area (Å²) in [4.78, 5) is 18.9. The van der Waals surface area contributed by atoms with Gasteiger partial charge in [-0.1, -0.05) is 23.7 Å². The molecule has 7 nitrogen and oxygen atoms in total. The van der Waals surface area contributed by atoms with Gasteiger partial charge in [-0.3, -0.25) is 10.1 Å². The Morgan fingerprint density at radius 3 is 2.78 bits per heavy atom. The number of carbonyl (C=O) groups is 1. The molecule has 3 aromatic rings. The highest BCUT2D eigenvalue weighted by molar-refractivity contribution is 6.30. The number of aromatic nitrogens is 5. The number of H-pyrrole nitrogens is 1. The van der Waals surface area contributed by atoms with E-state index >= 15 is 0 Å². The highest BCUT2D eigenvalue weighted by Gasteiger charge is 2.11. The van der Waals surface area contributed by atoms with E-state index in [1.807, 2.05) is 35.9 Å². The lowest BCUT2D eigenvalue weighted by Crippen LogP contribution is -2.13. The van der Waals surface area contributed by atoms with Crippen LogP contribution in [0.4, 0.5) is 5.95 Å². The highest BCUT2D eigenvalue weighted by Crippen LogP contribution is 2.15. The standard InChI is InChI=1S/C15H15ClN6O/c1-22-9-17-8-12(22)14-19-15(21-20-14)18-13(23)7-4-10-2-5-11(16)6-3-10/h2-3,5-6,8-9H,4,7H2,1H3,(H2,18,19,20,21,23). The molecule has 0 radical (unpaired) electrons. The minimum atomic E-state index is -0.132. The lowest BCUT2D eigenvalue weighted by molar-refractivity contribution is -0.116. The molecule has 2 heterocycles. The van der Waals surface area contributed by atoms with Crippen molar-refractivity contribution in [1.82, 2.24) is 24.7 Å². The monoisotopic (exact) mass is 330 g/mol. The first kappa shape index (κ1) is 15.2. The highest BCUT2D eigenvalue weighted by atomic mass is 35.5. The molecule has 2 aromatic heterocycles. The maximum absolute atomic E-state index is 12.0. The largest absolute Gasteiger partial charge is 0.331 e. The van der Waals surface area contributed by atoms with E-state index in [9.17, 15) is 4.79 Å². The van der Waals surface area contributed by atoms with Crippen LogP contribution in [0.3, 0.4) is 0 Å². The van der Waals surface area contributed by atoms with Crippen LogP contribution in [-0.4, -0.2) is 30.6 Å². The first-order chi connectivity index (χ1) is 11.1. The Bertz CT molecular complexity index is 807. The van der Waals surface area contributed by atoms with E-state index in [0.29, 0.717) is 29.6 Å². The van der Waals surface area contributed by atoms with Crippen molar-refractivity contribution < 1.29 is 4.79 Å². The Balaban J connectivity index is 1.57. The fourth-order valence-corrected chi connectivity index (χ4v) is 2.25. The molecule has 8 heteroatoms. The van der Waals surface area contributed by atoms with Gasteiger partial charge in [0.1, 0.15) is 5.69 Å². The third kappa shape index (κ3) is 3.75. The summed E-state index contributed by atoms with van der Waals surface area (Å²) in [7, 11) is 1.86. The Morgan fingerprint density at radius 2 is 2.09 bits per heavy atom. The van der Waals surface area contributed by atoms with Crippen LogP contribution in [0.25, 0.3) is 11.5 Å². The van der Waals surface area contributed by atoms with Gasteiger partial charge in [0, 0.05) is 18.5 Å². The van der Waals surface area contributed by atoms with Gasteiger partial charge >= 0.3 is 0 Å². The maximum atomic E-state index is 12.0. The van der Waals surface area contributed by atoms with E-state index in [4.69, 9.17) is 11.6 Å². The summed E-state index contributed by atoms with van der Waals surface area (Å²) in [6.07, 6.45) is 4.32. The van der Waals surface area contributed by atoms with Crippen LogP contribution < -0.4 is 5.32 Å². The molecule has 2 N–H and O–H groups in total. The van der Waals surface area contributed by atoms with Crippen molar-refractivity contribution >= 4 is 23.5 Å². The molecule has 0 unspecified atom stereocenters. The average molecular weight is 331 g/mol. The zero-order valence-electron chi connectivity index (χ0n) is 12.5. The maximum Gasteiger partial charge on any atom is 0.228 e. The number of aromatic amines is 1. The quantitative estimate of drug-likeness (QED) is 0.752. The molecule has 0 fully saturated rings. The third-order valence-corrected chi connectivity index (χ3v) is 3.61. The molecular weight excluding hydrogens is 316 g/mol. The number of imidazole rings is 1. The van der Waals surface area contributed by atoms with Gasteiger partial charge in [0.15, 0.2) is 5.82 Å². The molecule has 3 rings (SSSR count). The van der Waals surface area contributed by atoms with Crippen molar-refractivity contribution in [3.63, 3.8) is 0 Å². The Morgan fingerprint density at radius 1 is 1.30 bits per heavy atom. The van der Waals surface area contributed by atoms with Crippen LogP contribution in [0.1, 0.15) is 12.0 Å². The minimum Gasteiger partial charge on any atom is -0.331 e. The second-order valence-corrected chi connectivity index (χ2v) is 5.52. The molecule has 1 amide bonds. The molecule has 118 valence electrons. The Kier molecular flexibility index (Phi) is 4.38. The molecule has 1 aromatic carbocycles. The molecule has 0 aliphatic rings. The lowest BCUT2D eigenvalue weighted by atomic mass is 10.1. The number of rotatable bonds is 5. The molecular formula is C15H15ClN6O. The Labute approximate surface area is 137 Å². The molecule has 0 aliphatic carbocycles. The summed E-state index contributed by atoms with van der Waals surface area (Å²) < 4.78 is 1.81. The molecule has 0 atom stereocenters. The van der Waals surface area contributed by atoms with Crippen LogP contribution >= 0.6 is 11.6 Å². The first-order valence-electron chi connectivity index (χ1n) is 7.05. The SMILES string of the molecule is Cn1cncc1-c1nnc(NC(=O)CCc2ccc(Cl)cc2)[nH]1. The van der Waals surface area contributed by atoms with E-state index in [-0.39, 0.29) is 5.91 Å². The average Bonchev–Trinajstić information content (AvgIpc) is 3.15. The molecule has 0 bridgehead atoms. The van der Waals surface area contributed by atoms with Crippen LogP contribution in [0, 0.1) is 0 Å². The van der Waals surface area contributed by atoms with Gasteiger partial charge in [0.2, 0.25) is 11.9 Å². The number of hydrogen-bond donors (Lipinski definition) is 2. The van der Waals surface area contributed by atoms with Gasteiger partial charge in [0.05, 0.1) is 12.5 Å². The predicted molar refractivity (Wildman–Crippen MR) is 87.0 cm³/mol. The van der Waals surface area contributed by atoms with Gasteiger partial charge in [-0.25, -0.2) is 4.98 Å². The number of anilines is 1. The fourth-order valence-electron chi connectivity index (χ4n) is 2.12. The number of amides is 1. The van der Waals surface area contributed by atoms with Crippen molar-refractivity contribution in [2.24, 2.45) is 7.05 Å². The van der Waals surface area contributed by atoms with Crippen LogP contribution in [0.2, 0.25) is 5.02 Å². The van der Waals surface area contributed by atoms with E-state index in [0.717, 1.165) is 11.3 Å². The summed E-state index contributed by atoms with van der Waals surface area (Å²) in [5.41, 5.74) is 1.84. The molecule has 0 aliphatic heterocycles. The topological polar surface area (TPSA) is 88.5 Å². The number of carbonyl (C=O) groups excluding carboxylic acids is 1. The van der Waals surface area contributed by atoms with Gasteiger partial charge in [0.25, 0.3) is 0 Å². The smallest absolute Gasteiger partial charge is 0.228 e. The van der Waals surface area contributed by atoms with Gasteiger partial charge in [-0.2, -0.15) is 0 Å². The molecule has 0 saturated heterocycles. The second-order valence-electron chi connectivity index (χ2n) is 5.09. The third-order valence-electron chi connectivity index (χ3n) is 3.36. The van der Waals surface area contributed by atoms with Crippen molar-refractivity contribution in [3.8, 4) is 11.5 Å². The molecule has 23 heavy (non-hydrogen) atoms. The van der Waals surface area contributed by atoms with Crippen LogP contribution in [-0.2, 0) is 18.3 Å². The van der Waals surface area contributed by atoms with E-state index < -0.39 is 0 Å². The van der Waals surface area contributed by atoms with Crippen molar-refractivity contribution in [2.75, 3.05) is 5.32 Å². The van der Waals surface area contributed by atoms with Crippen molar-refractivity contribution in [3.05, 3.63) is 47.4 Å². The number of nitrogens with one attached hydrogen (secondary N) is 2. The van der Waals surface area contributed by atoms with Crippen molar-refractivity contribution in [1.29, 1.82) is 0 Å². The van der Waals surface area contributed by atoms with E-state index in [1.54, 1.807) is 12.5 Å². The number of hydrogen-bond acceptors (Lipinski definition) is 4. The fraction of sp³-hybridized carbons (Fsp3) is 0.200. The lowest BCUT2D eigenvalue weighted by Gasteiger charge is -2.02. The van der Waals surface area contributed by atoms with E-state index in [1.165, 1.54) is 0 Å². The number of aryl methyl sites for hydroxylation is 2. The number of halogens is 1. The summed E-state index contributed by atoms with van der Waals surface area (Å²) >= 11 is 5.83. The normalized spacial score (nSPS) is 10.7. The van der Waals surface area contributed by atoms with Gasteiger partial charge < -0.3 is 9.55 Å². The number of benzene rings is 1. The summed E-state index contributed by atoms with van der Waals surface area (Å²) in [6, 6.07) is 7.44. The zero-order chi connectivity index (χ0) is 16.2. The summed E-state index contributed by atoms with van der Waals surface area (Å²) in [5, 5.41) is 11.3. The summed E-state index contributed by atoms with van der Waals surface area (Å²) in [5.74, 6) is 0.743. The van der Waals surface area contributed by atoms with Crippen molar-refractivity contribution in [2.45, 2.75) is 12.8 Å². The predicted octanol–water partition coefficient (Wildman–Crippen LogP) is 2.43. The van der Waals surface area contributed by atoms with Crippen LogP contribution in [0.15, 0.2) is 36.8 Å². The second kappa shape index (κ2) is 6.62. The van der Waals surface area contributed by atoms with E-state index in [2.05, 4.69) is 25.5 Å². The van der Waals surface area contributed by atoms with Gasteiger partial charge in [-0.15, -0.1) is 10.2 Å². The molecule has 0 saturated carbocycles. The zero-order valence-corrected chi connectivity index (χ0v) is 13.2. The summed E-state index contributed by atoms with van der Waals surface area (Å²) in [6.45, 7) is 0. The molecule has 0 spiro atoms. The minimum absolute atomic E-state index is 0.132. The van der Waals surface area contributed by atoms with Gasteiger partial charge in [-0.05, 0) is 24.1 Å². The Hall–Kier alpha value is -2.67.